The van der Waals surface area contributed by atoms with Gasteiger partial charge in [-0.15, -0.1) is 5.10 Å². The van der Waals surface area contributed by atoms with Crippen LogP contribution in [0, 0.1) is 0 Å². The van der Waals surface area contributed by atoms with Crippen molar-refractivity contribution in [3.63, 3.8) is 0 Å². The topological polar surface area (TPSA) is 66.0 Å². The van der Waals surface area contributed by atoms with E-state index in [2.05, 4.69) is 24.2 Å². The monoisotopic (exact) mass is 238 g/mol. The molecule has 1 aliphatic heterocycles. The normalized spacial score (nSPS) is 23.1. The van der Waals surface area contributed by atoms with E-state index in [1.54, 1.807) is 0 Å². The van der Waals surface area contributed by atoms with Gasteiger partial charge in [-0.2, -0.15) is 0 Å². The van der Waals surface area contributed by atoms with Crippen LogP contribution in [-0.2, 0) is 17.7 Å². The fourth-order valence-corrected chi connectivity index (χ4v) is 2.24. The molecule has 0 radical (unpaired) electrons. The number of nitrogens with two attached hydrogens (primary N) is 1. The smallest absolute Gasteiger partial charge is 0.0827 e. The molecule has 1 aromatic heterocycles. The number of hydrogen-bond donors (Lipinski definition) is 1. The van der Waals surface area contributed by atoms with E-state index >= 15 is 0 Å². The van der Waals surface area contributed by atoms with Crippen LogP contribution < -0.4 is 5.73 Å². The van der Waals surface area contributed by atoms with Gasteiger partial charge in [0.25, 0.3) is 0 Å². The Morgan fingerprint density at radius 3 is 3.06 bits per heavy atom. The molecule has 1 unspecified atom stereocenters. The van der Waals surface area contributed by atoms with Crippen LogP contribution in [0.4, 0.5) is 0 Å². The van der Waals surface area contributed by atoms with Gasteiger partial charge in [-0.3, -0.25) is 0 Å². The number of rotatable bonds is 5. The summed E-state index contributed by atoms with van der Waals surface area (Å²) in [5.41, 5.74) is 6.51. The van der Waals surface area contributed by atoms with Crippen molar-refractivity contribution in [3.8, 4) is 0 Å². The van der Waals surface area contributed by atoms with E-state index in [1.807, 2.05) is 10.9 Å². The van der Waals surface area contributed by atoms with E-state index in [0.29, 0.717) is 6.54 Å². The van der Waals surface area contributed by atoms with Crippen LogP contribution in [0.15, 0.2) is 6.20 Å². The van der Waals surface area contributed by atoms with Crippen molar-refractivity contribution in [2.75, 3.05) is 6.54 Å². The number of nitrogens with zero attached hydrogens (tertiary/aromatic N) is 3. The van der Waals surface area contributed by atoms with E-state index in [4.69, 9.17) is 10.5 Å². The highest BCUT2D eigenvalue weighted by Gasteiger charge is 2.31. The van der Waals surface area contributed by atoms with Gasteiger partial charge in [0, 0.05) is 6.20 Å². The minimum Gasteiger partial charge on any atom is -0.370 e. The van der Waals surface area contributed by atoms with Crippen LogP contribution >= 0.6 is 0 Å². The Bertz CT molecular complexity index is 361. The Hall–Kier alpha value is -0.940. The third-order valence-corrected chi connectivity index (χ3v) is 3.17. The first-order valence-corrected chi connectivity index (χ1v) is 6.36. The summed E-state index contributed by atoms with van der Waals surface area (Å²) >= 11 is 0. The molecule has 2 heterocycles. The molecular formula is C12H22N4O. The Morgan fingerprint density at radius 1 is 1.59 bits per heavy atom. The van der Waals surface area contributed by atoms with Gasteiger partial charge >= 0.3 is 0 Å². The second-order valence-electron chi connectivity index (χ2n) is 5.36. The molecule has 0 spiro atoms. The molecule has 5 nitrogen and oxygen atoms in total. The van der Waals surface area contributed by atoms with E-state index in [0.717, 1.165) is 37.9 Å². The Morgan fingerprint density at radius 2 is 2.41 bits per heavy atom. The summed E-state index contributed by atoms with van der Waals surface area (Å²) < 4.78 is 7.82. The molecule has 2 N–H and O–H groups in total. The first-order valence-electron chi connectivity index (χ1n) is 6.36. The summed E-state index contributed by atoms with van der Waals surface area (Å²) in [6, 6.07) is 0. The van der Waals surface area contributed by atoms with Crippen LogP contribution in [0.3, 0.4) is 0 Å². The molecule has 1 saturated heterocycles. The van der Waals surface area contributed by atoms with E-state index in [9.17, 15) is 0 Å². The van der Waals surface area contributed by atoms with Gasteiger partial charge in [0.05, 0.1) is 23.9 Å². The second-order valence-corrected chi connectivity index (χ2v) is 5.36. The minimum atomic E-state index is 0.0215. The molecule has 1 atom stereocenters. The standard InChI is InChI=1S/C12H22N4O/c1-12(2)6-5-11(17-12)9-16-8-10(14-15-16)4-3-7-13/h8,11H,3-7,9,13H2,1-2H3. The molecule has 1 aliphatic rings. The summed E-state index contributed by atoms with van der Waals surface area (Å²) in [5.74, 6) is 0. The van der Waals surface area contributed by atoms with Crippen molar-refractivity contribution in [2.24, 2.45) is 5.73 Å². The molecule has 0 saturated carbocycles. The van der Waals surface area contributed by atoms with Gasteiger partial charge in [0.15, 0.2) is 0 Å². The lowest BCUT2D eigenvalue weighted by molar-refractivity contribution is -0.0231. The minimum absolute atomic E-state index is 0.0215. The molecule has 0 amide bonds. The lowest BCUT2D eigenvalue weighted by Crippen LogP contribution is -2.23. The fourth-order valence-electron chi connectivity index (χ4n) is 2.24. The molecule has 1 fully saturated rings. The first-order chi connectivity index (χ1) is 8.09. The van der Waals surface area contributed by atoms with E-state index in [-0.39, 0.29) is 11.7 Å². The Balaban J connectivity index is 1.85. The number of aromatic nitrogens is 3. The lowest BCUT2D eigenvalue weighted by atomic mass is 10.1. The summed E-state index contributed by atoms with van der Waals surface area (Å²) in [5, 5.41) is 8.26. The number of ether oxygens (including phenoxy) is 1. The van der Waals surface area contributed by atoms with Crippen molar-refractivity contribution >= 4 is 0 Å². The molecule has 0 aliphatic carbocycles. The van der Waals surface area contributed by atoms with Crippen molar-refractivity contribution < 1.29 is 4.74 Å². The predicted octanol–water partition coefficient (Wildman–Crippen LogP) is 1.13. The van der Waals surface area contributed by atoms with Gasteiger partial charge in [-0.25, -0.2) is 4.68 Å². The lowest BCUT2D eigenvalue weighted by Gasteiger charge is -2.18. The van der Waals surface area contributed by atoms with Gasteiger partial charge in [-0.05, 0) is 46.1 Å². The molecule has 1 aromatic rings. The maximum atomic E-state index is 5.93. The molecule has 96 valence electrons. The zero-order chi connectivity index (χ0) is 12.3. The first kappa shape index (κ1) is 12.5. The fraction of sp³-hybridized carbons (Fsp3) is 0.833. The molecule has 17 heavy (non-hydrogen) atoms. The molecular weight excluding hydrogens is 216 g/mol. The van der Waals surface area contributed by atoms with Crippen molar-refractivity contribution in [2.45, 2.75) is 57.8 Å². The SMILES string of the molecule is CC1(C)CCC(Cn2cc(CCCN)nn2)O1. The third-order valence-electron chi connectivity index (χ3n) is 3.17. The van der Waals surface area contributed by atoms with Gasteiger partial charge < -0.3 is 10.5 Å². The van der Waals surface area contributed by atoms with Crippen LogP contribution in [-0.4, -0.2) is 33.2 Å². The maximum Gasteiger partial charge on any atom is 0.0827 e. The Labute approximate surface area is 102 Å². The average Bonchev–Trinajstić information content (AvgIpc) is 2.83. The van der Waals surface area contributed by atoms with Crippen LogP contribution in [0.25, 0.3) is 0 Å². The second kappa shape index (κ2) is 5.14. The van der Waals surface area contributed by atoms with Crippen molar-refractivity contribution in [3.05, 3.63) is 11.9 Å². The highest BCUT2D eigenvalue weighted by molar-refractivity contribution is 4.93. The zero-order valence-electron chi connectivity index (χ0n) is 10.7. The van der Waals surface area contributed by atoms with E-state index in [1.165, 1.54) is 0 Å². The summed E-state index contributed by atoms with van der Waals surface area (Å²) in [6.07, 6.45) is 6.37. The summed E-state index contributed by atoms with van der Waals surface area (Å²) in [6.45, 7) is 5.79. The molecule has 0 aromatic carbocycles. The highest BCUT2D eigenvalue weighted by atomic mass is 16.5. The molecule has 5 heteroatoms. The van der Waals surface area contributed by atoms with Gasteiger partial charge in [0.2, 0.25) is 0 Å². The van der Waals surface area contributed by atoms with Gasteiger partial charge in [-0.1, -0.05) is 5.21 Å². The van der Waals surface area contributed by atoms with Crippen LogP contribution in [0.2, 0.25) is 0 Å². The zero-order valence-corrected chi connectivity index (χ0v) is 10.7. The predicted molar refractivity (Wildman–Crippen MR) is 65.6 cm³/mol. The average molecular weight is 238 g/mol. The Kier molecular flexibility index (Phi) is 3.79. The van der Waals surface area contributed by atoms with Gasteiger partial charge in [0.1, 0.15) is 0 Å². The van der Waals surface area contributed by atoms with E-state index < -0.39 is 0 Å². The summed E-state index contributed by atoms with van der Waals surface area (Å²) in [4.78, 5) is 0. The maximum absolute atomic E-state index is 5.93. The third kappa shape index (κ3) is 3.51. The van der Waals surface area contributed by atoms with Crippen LogP contribution in [0.5, 0.6) is 0 Å². The highest BCUT2D eigenvalue weighted by Crippen LogP contribution is 2.29. The molecule has 2 rings (SSSR count). The summed E-state index contributed by atoms with van der Waals surface area (Å²) in [7, 11) is 0. The quantitative estimate of drug-likeness (QED) is 0.835. The van der Waals surface area contributed by atoms with Crippen molar-refractivity contribution in [1.82, 2.24) is 15.0 Å². The largest absolute Gasteiger partial charge is 0.370 e. The van der Waals surface area contributed by atoms with Crippen molar-refractivity contribution in [1.29, 1.82) is 0 Å². The number of hydrogen-bond acceptors (Lipinski definition) is 4. The number of aryl methyl sites for hydroxylation is 1. The van der Waals surface area contributed by atoms with Crippen LogP contribution in [0.1, 0.15) is 38.8 Å². The molecule has 0 bridgehead atoms.